The van der Waals surface area contributed by atoms with Gasteiger partial charge in [-0.05, 0) is 56.4 Å². The molecule has 0 aliphatic heterocycles. The van der Waals surface area contributed by atoms with Crippen LogP contribution in [-0.2, 0) is 10.9 Å². The lowest BCUT2D eigenvalue weighted by Crippen LogP contribution is -2.19. The van der Waals surface area contributed by atoms with E-state index in [2.05, 4.69) is 29.1 Å². The van der Waals surface area contributed by atoms with Gasteiger partial charge < -0.3 is 9.47 Å². The molecule has 1 unspecified atom stereocenters. The van der Waals surface area contributed by atoms with E-state index in [0.29, 0.717) is 5.92 Å². The number of nitrogens with zero attached hydrogens (tertiary/aromatic N) is 2. The Hall–Kier alpha value is -2.84. The normalized spacial score (nSPS) is 12.7. The molecule has 6 nitrogen and oxygen atoms in total. The molecule has 31 heavy (non-hydrogen) atoms. The van der Waals surface area contributed by atoms with Crippen LogP contribution in [0, 0.1) is 11.8 Å². The second kappa shape index (κ2) is 10.5. The van der Waals surface area contributed by atoms with E-state index < -0.39 is 17.8 Å². The first kappa shape index (κ1) is 24.4. The Morgan fingerprint density at radius 2 is 1.84 bits per heavy atom. The SMILES string of the molecule is CC(C)CC(C)COc1ccc(-c2ccnc(NC(=O)OC(C)C)n2)cc1C(F)(F)F. The Balaban J connectivity index is 2.26. The molecular formula is C22H28F3N3O3. The van der Waals surface area contributed by atoms with Crippen LogP contribution < -0.4 is 10.1 Å². The highest BCUT2D eigenvalue weighted by Gasteiger charge is 2.35. The maximum absolute atomic E-state index is 13.7. The van der Waals surface area contributed by atoms with Gasteiger partial charge in [-0.2, -0.15) is 13.2 Å². The molecule has 0 aliphatic rings. The maximum Gasteiger partial charge on any atom is 0.419 e. The number of amides is 1. The lowest BCUT2D eigenvalue weighted by molar-refractivity contribution is -0.139. The van der Waals surface area contributed by atoms with Crippen molar-refractivity contribution in [3.05, 3.63) is 36.0 Å². The molecule has 1 atom stereocenters. The van der Waals surface area contributed by atoms with Gasteiger partial charge in [0.15, 0.2) is 0 Å². The standard InChI is InChI=1S/C22H28F3N3O3/c1-13(2)10-15(5)12-30-19-7-6-16(11-17(19)22(23,24)25)18-8-9-26-20(27-18)28-21(29)31-14(3)4/h6-9,11,13-15H,10,12H2,1-5H3,(H,26,27,28,29). The first-order chi connectivity index (χ1) is 14.5. The van der Waals surface area contributed by atoms with Crippen molar-refractivity contribution >= 4 is 12.0 Å². The molecule has 0 saturated carbocycles. The Morgan fingerprint density at radius 3 is 2.45 bits per heavy atom. The summed E-state index contributed by atoms with van der Waals surface area (Å²) in [6, 6.07) is 5.24. The van der Waals surface area contributed by atoms with Gasteiger partial charge in [0.1, 0.15) is 5.75 Å². The minimum atomic E-state index is -4.60. The monoisotopic (exact) mass is 439 g/mol. The Morgan fingerprint density at radius 1 is 1.13 bits per heavy atom. The quantitative estimate of drug-likeness (QED) is 0.532. The summed E-state index contributed by atoms with van der Waals surface area (Å²) in [6.45, 7) is 9.62. The number of carbonyl (C=O) groups is 1. The number of aromatic nitrogens is 2. The van der Waals surface area contributed by atoms with Crippen LogP contribution in [0.3, 0.4) is 0 Å². The third-order valence-electron chi connectivity index (χ3n) is 4.19. The molecule has 1 aromatic carbocycles. The third-order valence-corrected chi connectivity index (χ3v) is 4.19. The van der Waals surface area contributed by atoms with Crippen LogP contribution in [0.2, 0.25) is 0 Å². The van der Waals surface area contributed by atoms with E-state index in [1.807, 2.05) is 6.92 Å². The van der Waals surface area contributed by atoms with Crippen LogP contribution in [-0.4, -0.2) is 28.8 Å². The molecule has 1 aromatic heterocycles. The van der Waals surface area contributed by atoms with Gasteiger partial charge >= 0.3 is 12.3 Å². The topological polar surface area (TPSA) is 73.3 Å². The molecule has 1 heterocycles. The zero-order chi connectivity index (χ0) is 23.2. The molecule has 0 aliphatic carbocycles. The average molecular weight is 439 g/mol. The van der Waals surface area contributed by atoms with E-state index in [9.17, 15) is 18.0 Å². The van der Waals surface area contributed by atoms with Gasteiger partial charge in [0.25, 0.3) is 0 Å². The van der Waals surface area contributed by atoms with Gasteiger partial charge in [0, 0.05) is 11.8 Å². The van der Waals surface area contributed by atoms with Crippen LogP contribution in [0.5, 0.6) is 5.75 Å². The molecule has 0 fully saturated rings. The summed E-state index contributed by atoms with van der Waals surface area (Å²) in [5.41, 5.74) is -0.438. The highest BCUT2D eigenvalue weighted by molar-refractivity contribution is 5.82. The lowest BCUT2D eigenvalue weighted by atomic mass is 10.00. The van der Waals surface area contributed by atoms with Gasteiger partial charge in [-0.15, -0.1) is 0 Å². The molecule has 1 amide bonds. The van der Waals surface area contributed by atoms with Crippen molar-refractivity contribution in [2.75, 3.05) is 11.9 Å². The fraction of sp³-hybridized carbons (Fsp3) is 0.500. The Bertz CT molecular complexity index is 886. The number of ether oxygens (including phenoxy) is 2. The molecule has 9 heteroatoms. The molecule has 0 spiro atoms. The second-order valence-corrected chi connectivity index (χ2v) is 8.10. The zero-order valence-electron chi connectivity index (χ0n) is 18.3. The predicted molar refractivity (Wildman–Crippen MR) is 112 cm³/mol. The third kappa shape index (κ3) is 7.73. The Kier molecular flexibility index (Phi) is 8.24. The molecular weight excluding hydrogens is 411 g/mol. The van der Waals surface area contributed by atoms with Crippen LogP contribution in [0.15, 0.2) is 30.5 Å². The molecule has 0 bridgehead atoms. The van der Waals surface area contributed by atoms with Gasteiger partial charge in [0.05, 0.1) is 24.0 Å². The molecule has 0 radical (unpaired) electrons. The van der Waals surface area contributed by atoms with Crippen molar-refractivity contribution in [1.29, 1.82) is 0 Å². The van der Waals surface area contributed by atoms with Crippen LogP contribution >= 0.6 is 0 Å². The first-order valence-electron chi connectivity index (χ1n) is 10.1. The van der Waals surface area contributed by atoms with Crippen molar-refractivity contribution < 1.29 is 27.4 Å². The minimum Gasteiger partial charge on any atom is -0.493 e. The number of halogens is 3. The summed E-state index contributed by atoms with van der Waals surface area (Å²) in [7, 11) is 0. The van der Waals surface area contributed by atoms with Gasteiger partial charge in [-0.3, -0.25) is 5.32 Å². The highest BCUT2D eigenvalue weighted by atomic mass is 19.4. The summed E-state index contributed by atoms with van der Waals surface area (Å²) < 4.78 is 51.5. The summed E-state index contributed by atoms with van der Waals surface area (Å²) in [4.78, 5) is 19.7. The van der Waals surface area contributed by atoms with E-state index in [4.69, 9.17) is 9.47 Å². The van der Waals surface area contributed by atoms with Crippen molar-refractivity contribution in [2.24, 2.45) is 11.8 Å². The van der Waals surface area contributed by atoms with Crippen LogP contribution in [0.1, 0.15) is 46.6 Å². The van der Waals surface area contributed by atoms with Crippen LogP contribution in [0.25, 0.3) is 11.3 Å². The fourth-order valence-electron chi connectivity index (χ4n) is 3.06. The number of nitrogens with one attached hydrogen (secondary N) is 1. The maximum atomic E-state index is 13.7. The van der Waals surface area contributed by atoms with E-state index in [-0.39, 0.29) is 41.6 Å². The molecule has 170 valence electrons. The van der Waals surface area contributed by atoms with Gasteiger partial charge in [-0.25, -0.2) is 14.8 Å². The first-order valence-corrected chi connectivity index (χ1v) is 10.1. The number of benzene rings is 1. The van der Waals surface area contributed by atoms with E-state index in [1.54, 1.807) is 13.8 Å². The van der Waals surface area contributed by atoms with Crippen molar-refractivity contribution in [3.63, 3.8) is 0 Å². The highest BCUT2D eigenvalue weighted by Crippen LogP contribution is 2.39. The van der Waals surface area contributed by atoms with Crippen LogP contribution in [0.4, 0.5) is 23.9 Å². The molecule has 0 saturated heterocycles. The minimum absolute atomic E-state index is 0.0699. The van der Waals surface area contributed by atoms with Crippen molar-refractivity contribution in [3.8, 4) is 17.0 Å². The zero-order valence-corrected chi connectivity index (χ0v) is 18.3. The smallest absolute Gasteiger partial charge is 0.419 e. The Labute approximate surface area is 180 Å². The van der Waals surface area contributed by atoms with Crippen molar-refractivity contribution in [2.45, 2.75) is 53.3 Å². The summed E-state index contributed by atoms with van der Waals surface area (Å²) in [6.07, 6.45) is -3.48. The summed E-state index contributed by atoms with van der Waals surface area (Å²) >= 11 is 0. The number of hydrogen-bond donors (Lipinski definition) is 1. The van der Waals surface area contributed by atoms with E-state index >= 15 is 0 Å². The molecule has 1 N–H and O–H groups in total. The van der Waals surface area contributed by atoms with E-state index in [1.165, 1.54) is 24.4 Å². The molecule has 2 aromatic rings. The largest absolute Gasteiger partial charge is 0.493 e. The number of carbonyl (C=O) groups excluding carboxylic acids is 1. The average Bonchev–Trinajstić information content (AvgIpc) is 2.64. The van der Waals surface area contributed by atoms with Gasteiger partial charge in [0.2, 0.25) is 5.95 Å². The number of anilines is 1. The predicted octanol–water partition coefficient (Wildman–Crippen LogP) is 6.18. The van der Waals surface area contributed by atoms with E-state index in [0.717, 1.165) is 12.5 Å². The number of hydrogen-bond acceptors (Lipinski definition) is 5. The lowest BCUT2D eigenvalue weighted by Gasteiger charge is -2.19. The number of rotatable bonds is 8. The fourth-order valence-corrected chi connectivity index (χ4v) is 3.06. The summed E-state index contributed by atoms with van der Waals surface area (Å²) in [5.74, 6) is 0.266. The second-order valence-electron chi connectivity index (χ2n) is 8.10. The summed E-state index contributed by atoms with van der Waals surface area (Å²) in [5, 5.41) is 2.36. The molecule has 2 rings (SSSR count). The van der Waals surface area contributed by atoms with Gasteiger partial charge in [-0.1, -0.05) is 20.8 Å². The van der Waals surface area contributed by atoms with Crippen molar-refractivity contribution in [1.82, 2.24) is 9.97 Å². The number of alkyl halides is 3.